The first-order valence-electron chi connectivity index (χ1n) is 12.1. The van der Waals surface area contributed by atoms with Gasteiger partial charge in [-0.3, -0.25) is 9.89 Å². The summed E-state index contributed by atoms with van der Waals surface area (Å²) >= 11 is 0. The van der Waals surface area contributed by atoms with Gasteiger partial charge in [0.2, 0.25) is 5.95 Å². The Morgan fingerprint density at radius 1 is 1.12 bits per heavy atom. The molecule has 3 aromatic rings. The van der Waals surface area contributed by atoms with Crippen molar-refractivity contribution < 1.29 is 9.53 Å². The number of aromatic nitrogens is 5. The zero-order valence-corrected chi connectivity index (χ0v) is 19.1. The Morgan fingerprint density at radius 2 is 1.82 bits per heavy atom. The maximum atomic E-state index is 12.9. The van der Waals surface area contributed by atoms with Crippen LogP contribution in [0.3, 0.4) is 0 Å². The number of ether oxygens (including phenoxy) is 1. The molecule has 2 fully saturated rings. The predicted octanol–water partition coefficient (Wildman–Crippen LogP) is 2.78. The van der Waals surface area contributed by atoms with Crippen LogP contribution in [-0.2, 0) is 24.2 Å². The highest BCUT2D eigenvalue weighted by Gasteiger charge is 2.47. The molecule has 1 aromatic carbocycles. The molecule has 3 aliphatic rings. The summed E-state index contributed by atoms with van der Waals surface area (Å²) in [4.78, 5) is 23.7. The van der Waals surface area contributed by atoms with E-state index < -0.39 is 0 Å². The van der Waals surface area contributed by atoms with E-state index in [4.69, 9.17) is 4.74 Å². The molecule has 0 radical (unpaired) electrons. The molecule has 3 heterocycles. The van der Waals surface area contributed by atoms with Gasteiger partial charge in [-0.1, -0.05) is 29.5 Å². The number of aromatic amines is 1. The second-order valence-corrected chi connectivity index (χ2v) is 9.95. The molecule has 176 valence electrons. The van der Waals surface area contributed by atoms with Crippen molar-refractivity contribution in [2.24, 2.45) is 5.41 Å². The number of carbonyl (C=O) groups is 1. The fourth-order valence-corrected chi connectivity index (χ4v) is 5.63. The van der Waals surface area contributed by atoms with E-state index in [0.717, 1.165) is 57.3 Å². The van der Waals surface area contributed by atoms with Crippen LogP contribution < -0.4 is 5.32 Å². The Balaban J connectivity index is 0.968. The SMILES string of the molecule is O=C(c1cnc(NC2Cc3ccccc3C2)nc1)N1CC2(CCC(OCc3c[nH]nn3)CC2)C1. The molecule has 9 nitrogen and oxygen atoms in total. The van der Waals surface area contributed by atoms with Gasteiger partial charge in [-0.2, -0.15) is 0 Å². The third kappa shape index (κ3) is 4.27. The summed E-state index contributed by atoms with van der Waals surface area (Å²) in [5, 5.41) is 13.8. The van der Waals surface area contributed by atoms with E-state index in [1.807, 2.05) is 4.90 Å². The molecule has 1 amide bonds. The molecule has 1 saturated heterocycles. The molecular weight excluding hydrogens is 430 g/mol. The summed E-state index contributed by atoms with van der Waals surface area (Å²) in [6.45, 7) is 2.11. The molecule has 34 heavy (non-hydrogen) atoms. The van der Waals surface area contributed by atoms with E-state index in [9.17, 15) is 4.79 Å². The quantitative estimate of drug-likeness (QED) is 0.583. The third-order valence-electron chi connectivity index (χ3n) is 7.55. The van der Waals surface area contributed by atoms with E-state index in [2.05, 4.69) is 55.0 Å². The number of fused-ring (bicyclic) bond motifs is 1. The van der Waals surface area contributed by atoms with Crippen molar-refractivity contribution in [2.45, 2.75) is 57.3 Å². The largest absolute Gasteiger partial charge is 0.372 e. The van der Waals surface area contributed by atoms with Crippen molar-refractivity contribution in [1.29, 1.82) is 0 Å². The van der Waals surface area contributed by atoms with Crippen molar-refractivity contribution in [2.75, 3.05) is 18.4 Å². The molecule has 2 aliphatic carbocycles. The number of likely N-dealkylation sites (tertiary alicyclic amines) is 1. The molecule has 1 saturated carbocycles. The lowest BCUT2D eigenvalue weighted by Gasteiger charge is -2.53. The van der Waals surface area contributed by atoms with Crippen molar-refractivity contribution in [1.82, 2.24) is 30.3 Å². The Hall–Kier alpha value is -3.33. The fraction of sp³-hybridized carbons (Fsp3) is 0.480. The summed E-state index contributed by atoms with van der Waals surface area (Å²) in [5.74, 6) is 0.605. The number of carbonyl (C=O) groups excluding carboxylic acids is 1. The summed E-state index contributed by atoms with van der Waals surface area (Å²) in [5.41, 5.74) is 4.39. The minimum absolute atomic E-state index is 0.0230. The van der Waals surface area contributed by atoms with Gasteiger partial charge in [0.05, 0.1) is 18.3 Å². The number of H-pyrrole nitrogens is 1. The van der Waals surface area contributed by atoms with Gasteiger partial charge in [0.15, 0.2) is 0 Å². The molecule has 2 N–H and O–H groups in total. The van der Waals surface area contributed by atoms with Gasteiger partial charge in [-0.05, 0) is 49.7 Å². The van der Waals surface area contributed by atoms with Gasteiger partial charge in [0, 0.05) is 43.1 Å². The minimum Gasteiger partial charge on any atom is -0.372 e. The Kier molecular flexibility index (Phi) is 5.49. The third-order valence-corrected chi connectivity index (χ3v) is 7.55. The van der Waals surface area contributed by atoms with Crippen molar-refractivity contribution in [3.8, 4) is 0 Å². The highest BCUT2D eigenvalue weighted by atomic mass is 16.5. The summed E-state index contributed by atoms with van der Waals surface area (Å²) in [6, 6.07) is 8.82. The number of benzene rings is 1. The molecule has 2 aromatic heterocycles. The number of nitrogens with zero attached hydrogens (tertiary/aromatic N) is 5. The number of rotatable bonds is 6. The van der Waals surface area contributed by atoms with Gasteiger partial charge in [0.1, 0.15) is 5.69 Å². The van der Waals surface area contributed by atoms with Crippen molar-refractivity contribution >= 4 is 11.9 Å². The van der Waals surface area contributed by atoms with Crippen LogP contribution in [0.25, 0.3) is 0 Å². The zero-order chi connectivity index (χ0) is 23.0. The average Bonchev–Trinajstić information content (AvgIpc) is 3.51. The standard InChI is InChI=1S/C25H29N7O2/c33-23(19-11-26-24(27-12-19)29-20-9-17-3-1-2-4-18(17)10-20)32-15-25(16-32)7-5-22(6-8-25)34-14-21-13-28-31-30-21/h1-4,11-13,20,22H,5-10,14-16H2,(H,26,27,29)(H,28,30,31). The van der Waals surface area contributed by atoms with Crippen LogP contribution in [0.2, 0.25) is 0 Å². The monoisotopic (exact) mass is 459 g/mol. The van der Waals surface area contributed by atoms with Gasteiger partial charge in [-0.25, -0.2) is 9.97 Å². The Morgan fingerprint density at radius 3 is 2.47 bits per heavy atom. The van der Waals surface area contributed by atoms with Crippen LogP contribution in [0.5, 0.6) is 0 Å². The van der Waals surface area contributed by atoms with Crippen LogP contribution in [0.15, 0.2) is 42.9 Å². The van der Waals surface area contributed by atoms with Crippen LogP contribution in [0.1, 0.15) is 52.9 Å². The summed E-state index contributed by atoms with van der Waals surface area (Å²) < 4.78 is 5.98. The topological polar surface area (TPSA) is 109 Å². The van der Waals surface area contributed by atoms with E-state index in [1.165, 1.54) is 11.1 Å². The molecule has 9 heteroatoms. The number of nitrogens with one attached hydrogen (secondary N) is 2. The fourth-order valence-electron chi connectivity index (χ4n) is 5.63. The average molecular weight is 460 g/mol. The highest BCUT2D eigenvalue weighted by Crippen LogP contribution is 2.45. The van der Waals surface area contributed by atoms with Crippen molar-refractivity contribution in [3.63, 3.8) is 0 Å². The first-order chi connectivity index (χ1) is 16.7. The van der Waals surface area contributed by atoms with E-state index >= 15 is 0 Å². The predicted molar refractivity (Wildman–Crippen MR) is 125 cm³/mol. The molecule has 0 unspecified atom stereocenters. The number of hydrogen-bond donors (Lipinski definition) is 2. The lowest BCUT2D eigenvalue weighted by Crippen LogP contribution is -2.59. The first kappa shape index (κ1) is 21.2. The van der Waals surface area contributed by atoms with E-state index in [1.54, 1.807) is 18.6 Å². The molecule has 1 aliphatic heterocycles. The molecule has 0 atom stereocenters. The van der Waals surface area contributed by atoms with Gasteiger partial charge in [0.25, 0.3) is 5.91 Å². The summed E-state index contributed by atoms with van der Waals surface area (Å²) in [6.07, 6.45) is 11.5. The van der Waals surface area contributed by atoms with Gasteiger partial charge in [-0.15, -0.1) is 5.10 Å². The maximum Gasteiger partial charge on any atom is 0.257 e. The van der Waals surface area contributed by atoms with E-state index in [-0.39, 0.29) is 17.4 Å². The number of anilines is 1. The number of hydrogen-bond acceptors (Lipinski definition) is 7. The minimum atomic E-state index is 0.0230. The smallest absolute Gasteiger partial charge is 0.257 e. The Bertz CT molecular complexity index is 1110. The van der Waals surface area contributed by atoms with Gasteiger partial charge >= 0.3 is 0 Å². The summed E-state index contributed by atoms with van der Waals surface area (Å²) in [7, 11) is 0. The highest BCUT2D eigenvalue weighted by molar-refractivity contribution is 5.94. The van der Waals surface area contributed by atoms with Crippen LogP contribution in [0.4, 0.5) is 5.95 Å². The zero-order valence-electron chi connectivity index (χ0n) is 19.1. The normalized spacial score (nSPS) is 19.7. The first-order valence-corrected chi connectivity index (χ1v) is 12.1. The van der Waals surface area contributed by atoms with Crippen LogP contribution in [0, 0.1) is 5.41 Å². The van der Waals surface area contributed by atoms with Gasteiger partial charge < -0.3 is 15.0 Å². The molecule has 6 rings (SSSR count). The van der Waals surface area contributed by atoms with Crippen molar-refractivity contribution in [3.05, 3.63) is 65.2 Å². The second kappa shape index (κ2) is 8.79. The lowest BCUT2D eigenvalue weighted by atomic mass is 9.68. The molecule has 0 bridgehead atoms. The van der Waals surface area contributed by atoms with Crippen LogP contribution in [-0.4, -0.2) is 61.4 Å². The molecule has 1 spiro atoms. The molecular formula is C25H29N7O2. The van der Waals surface area contributed by atoms with Crippen LogP contribution >= 0.6 is 0 Å². The lowest BCUT2D eigenvalue weighted by molar-refractivity contribution is -0.0635. The number of amides is 1. The van der Waals surface area contributed by atoms with E-state index in [0.29, 0.717) is 24.2 Å². The maximum absolute atomic E-state index is 12.9. The second-order valence-electron chi connectivity index (χ2n) is 9.95. The Labute approximate surface area is 198 Å².